The van der Waals surface area contributed by atoms with Crippen LogP contribution in [0, 0.1) is 12.8 Å². The largest absolute Gasteiger partial charge is 0.396 e. The van der Waals surface area contributed by atoms with Gasteiger partial charge in [0.1, 0.15) is 0 Å². The van der Waals surface area contributed by atoms with Crippen LogP contribution < -0.4 is 0 Å². The summed E-state index contributed by atoms with van der Waals surface area (Å²) in [6, 6.07) is 4.14. The van der Waals surface area contributed by atoms with Gasteiger partial charge in [0.25, 0.3) is 0 Å². The molecule has 1 N–H and O–H groups in total. The molecule has 1 unspecified atom stereocenters. The lowest BCUT2D eigenvalue weighted by Crippen LogP contribution is -2.36. The number of aromatic nitrogens is 1. The van der Waals surface area contributed by atoms with Crippen molar-refractivity contribution >= 4 is 0 Å². The van der Waals surface area contributed by atoms with E-state index < -0.39 is 0 Å². The van der Waals surface area contributed by atoms with Crippen molar-refractivity contribution < 1.29 is 5.11 Å². The lowest BCUT2D eigenvalue weighted by Gasteiger charge is -2.31. The van der Waals surface area contributed by atoms with Gasteiger partial charge in [0.15, 0.2) is 0 Å². The second kappa shape index (κ2) is 5.41. The Balaban J connectivity index is 1.97. The fraction of sp³-hybridized carbons (Fsp3) is 0.615. The van der Waals surface area contributed by atoms with Gasteiger partial charge in [-0.1, -0.05) is 6.07 Å². The fourth-order valence-corrected chi connectivity index (χ4v) is 2.37. The highest BCUT2D eigenvalue weighted by Gasteiger charge is 2.19. The van der Waals surface area contributed by atoms with E-state index in [1.165, 1.54) is 18.4 Å². The smallest absolute Gasteiger partial charge is 0.0471 e. The zero-order valence-corrected chi connectivity index (χ0v) is 9.89. The molecule has 88 valence electrons. The molecule has 0 saturated carbocycles. The third-order valence-corrected chi connectivity index (χ3v) is 3.37. The molecule has 0 aromatic carbocycles. The average molecular weight is 220 g/mol. The fourth-order valence-electron chi connectivity index (χ4n) is 2.37. The molecule has 1 aromatic rings. The highest BCUT2D eigenvalue weighted by molar-refractivity contribution is 5.18. The van der Waals surface area contributed by atoms with Crippen LogP contribution in [0.4, 0.5) is 0 Å². The monoisotopic (exact) mass is 220 g/mol. The van der Waals surface area contributed by atoms with Crippen LogP contribution in [0.1, 0.15) is 24.1 Å². The van der Waals surface area contributed by atoms with Crippen molar-refractivity contribution in [3.63, 3.8) is 0 Å². The third kappa shape index (κ3) is 2.80. The number of aliphatic hydroxyl groups is 1. The first-order chi connectivity index (χ1) is 7.79. The Bertz CT molecular complexity index is 340. The summed E-state index contributed by atoms with van der Waals surface area (Å²) in [7, 11) is 0. The standard InChI is InChI=1S/C13H20N2O/c1-11-13(5-2-6-14-11)9-15-7-3-4-12(8-15)10-16/h2,5-6,12,16H,3-4,7-10H2,1H3. The molecule has 16 heavy (non-hydrogen) atoms. The molecule has 1 fully saturated rings. The predicted molar refractivity (Wildman–Crippen MR) is 64.1 cm³/mol. The lowest BCUT2D eigenvalue weighted by atomic mass is 9.98. The molecule has 0 amide bonds. The molecule has 0 aliphatic carbocycles. The number of piperidine rings is 1. The normalized spacial score (nSPS) is 22.2. The molecule has 1 aliphatic rings. The Kier molecular flexibility index (Phi) is 3.91. The third-order valence-electron chi connectivity index (χ3n) is 3.37. The Labute approximate surface area is 97.1 Å². The van der Waals surface area contributed by atoms with E-state index in [9.17, 15) is 5.11 Å². The van der Waals surface area contributed by atoms with Crippen LogP contribution in [0.15, 0.2) is 18.3 Å². The van der Waals surface area contributed by atoms with E-state index in [0.29, 0.717) is 12.5 Å². The van der Waals surface area contributed by atoms with Crippen molar-refractivity contribution in [1.82, 2.24) is 9.88 Å². The highest BCUT2D eigenvalue weighted by atomic mass is 16.3. The highest BCUT2D eigenvalue weighted by Crippen LogP contribution is 2.18. The van der Waals surface area contributed by atoms with Gasteiger partial charge in [-0.15, -0.1) is 0 Å². The van der Waals surface area contributed by atoms with Crippen LogP contribution in [-0.2, 0) is 6.54 Å². The second-order valence-corrected chi connectivity index (χ2v) is 4.67. The van der Waals surface area contributed by atoms with E-state index in [-0.39, 0.29) is 0 Å². The molecule has 0 spiro atoms. The van der Waals surface area contributed by atoms with Gasteiger partial charge < -0.3 is 5.11 Å². The quantitative estimate of drug-likeness (QED) is 0.840. The summed E-state index contributed by atoms with van der Waals surface area (Å²) < 4.78 is 0. The number of hydrogen-bond donors (Lipinski definition) is 1. The Morgan fingerprint density at radius 3 is 3.19 bits per heavy atom. The summed E-state index contributed by atoms with van der Waals surface area (Å²) in [5, 5.41) is 9.19. The predicted octanol–water partition coefficient (Wildman–Crippen LogP) is 1.59. The SMILES string of the molecule is Cc1ncccc1CN1CCCC(CO)C1. The topological polar surface area (TPSA) is 36.4 Å². The van der Waals surface area contributed by atoms with Crippen LogP contribution in [0.3, 0.4) is 0 Å². The summed E-state index contributed by atoms with van der Waals surface area (Å²) in [5.74, 6) is 0.464. The summed E-state index contributed by atoms with van der Waals surface area (Å²) in [6.07, 6.45) is 4.20. The van der Waals surface area contributed by atoms with Crippen molar-refractivity contribution in [2.24, 2.45) is 5.92 Å². The number of rotatable bonds is 3. The zero-order chi connectivity index (χ0) is 11.4. The van der Waals surface area contributed by atoms with Gasteiger partial charge in [-0.3, -0.25) is 9.88 Å². The maximum atomic E-state index is 9.19. The molecular formula is C13H20N2O. The zero-order valence-electron chi connectivity index (χ0n) is 9.89. The minimum Gasteiger partial charge on any atom is -0.396 e. The van der Waals surface area contributed by atoms with Crippen molar-refractivity contribution in [3.05, 3.63) is 29.6 Å². The Morgan fingerprint density at radius 2 is 2.44 bits per heavy atom. The van der Waals surface area contributed by atoms with Crippen LogP contribution in [0.5, 0.6) is 0 Å². The van der Waals surface area contributed by atoms with Crippen LogP contribution >= 0.6 is 0 Å². The maximum Gasteiger partial charge on any atom is 0.0471 e. The van der Waals surface area contributed by atoms with Crippen molar-refractivity contribution in [3.8, 4) is 0 Å². The van der Waals surface area contributed by atoms with Gasteiger partial charge in [0.05, 0.1) is 0 Å². The van der Waals surface area contributed by atoms with E-state index in [2.05, 4.69) is 22.9 Å². The van der Waals surface area contributed by atoms with Gasteiger partial charge in [0, 0.05) is 31.6 Å². The molecule has 0 radical (unpaired) electrons. The first-order valence-electron chi connectivity index (χ1n) is 6.03. The number of aliphatic hydroxyl groups excluding tert-OH is 1. The number of likely N-dealkylation sites (tertiary alicyclic amines) is 1. The van der Waals surface area contributed by atoms with Gasteiger partial charge in [-0.2, -0.15) is 0 Å². The Morgan fingerprint density at radius 1 is 1.56 bits per heavy atom. The Hall–Kier alpha value is -0.930. The lowest BCUT2D eigenvalue weighted by molar-refractivity contribution is 0.115. The molecular weight excluding hydrogens is 200 g/mol. The van der Waals surface area contributed by atoms with Gasteiger partial charge in [-0.05, 0) is 43.9 Å². The van der Waals surface area contributed by atoms with E-state index >= 15 is 0 Å². The van der Waals surface area contributed by atoms with Crippen LogP contribution in [-0.4, -0.2) is 34.7 Å². The van der Waals surface area contributed by atoms with E-state index in [1.54, 1.807) is 0 Å². The minimum atomic E-state index is 0.322. The van der Waals surface area contributed by atoms with Crippen molar-refractivity contribution in [1.29, 1.82) is 0 Å². The summed E-state index contributed by atoms with van der Waals surface area (Å²) in [6.45, 7) is 5.51. The molecule has 3 nitrogen and oxygen atoms in total. The van der Waals surface area contributed by atoms with Crippen LogP contribution in [0.25, 0.3) is 0 Å². The van der Waals surface area contributed by atoms with Crippen LogP contribution in [0.2, 0.25) is 0 Å². The summed E-state index contributed by atoms with van der Waals surface area (Å²) in [5.41, 5.74) is 2.43. The van der Waals surface area contributed by atoms with Gasteiger partial charge >= 0.3 is 0 Å². The molecule has 2 heterocycles. The second-order valence-electron chi connectivity index (χ2n) is 4.67. The molecule has 2 rings (SSSR count). The minimum absolute atomic E-state index is 0.322. The number of hydrogen-bond acceptors (Lipinski definition) is 3. The first-order valence-corrected chi connectivity index (χ1v) is 6.03. The number of aryl methyl sites for hydroxylation is 1. The van der Waals surface area contributed by atoms with Gasteiger partial charge in [-0.25, -0.2) is 0 Å². The molecule has 1 saturated heterocycles. The van der Waals surface area contributed by atoms with Crippen molar-refractivity contribution in [2.45, 2.75) is 26.3 Å². The molecule has 1 aliphatic heterocycles. The molecule has 3 heteroatoms. The number of pyridine rings is 1. The maximum absolute atomic E-state index is 9.19. The first kappa shape index (κ1) is 11.6. The van der Waals surface area contributed by atoms with Crippen molar-refractivity contribution in [2.75, 3.05) is 19.7 Å². The average Bonchev–Trinajstić information content (AvgIpc) is 2.32. The van der Waals surface area contributed by atoms with E-state index in [0.717, 1.165) is 25.3 Å². The summed E-state index contributed by atoms with van der Waals surface area (Å²) >= 11 is 0. The van der Waals surface area contributed by atoms with E-state index in [4.69, 9.17) is 0 Å². The van der Waals surface area contributed by atoms with Gasteiger partial charge in [0.2, 0.25) is 0 Å². The summed E-state index contributed by atoms with van der Waals surface area (Å²) in [4.78, 5) is 6.73. The molecule has 1 aromatic heterocycles. The molecule has 0 bridgehead atoms. The molecule has 1 atom stereocenters. The number of nitrogens with zero attached hydrogens (tertiary/aromatic N) is 2. The van der Waals surface area contributed by atoms with E-state index in [1.807, 2.05) is 12.3 Å².